The van der Waals surface area contributed by atoms with Gasteiger partial charge in [0.05, 0.1) is 11.7 Å². The average Bonchev–Trinajstić information content (AvgIpc) is 2.43. The van der Waals surface area contributed by atoms with Gasteiger partial charge in [-0.15, -0.1) is 6.58 Å². The van der Waals surface area contributed by atoms with E-state index in [4.69, 9.17) is 4.74 Å². The number of epoxide rings is 1. The van der Waals surface area contributed by atoms with E-state index in [1.807, 2.05) is 6.08 Å². The topological polar surface area (TPSA) is 12.5 Å². The van der Waals surface area contributed by atoms with Crippen molar-refractivity contribution in [1.82, 2.24) is 0 Å². The third-order valence-electron chi connectivity index (χ3n) is 2.74. The summed E-state index contributed by atoms with van der Waals surface area (Å²) >= 11 is 0. The van der Waals surface area contributed by atoms with E-state index in [-0.39, 0.29) is 0 Å². The summed E-state index contributed by atoms with van der Waals surface area (Å²) in [5.41, 5.74) is 0.341. The lowest BCUT2D eigenvalue weighted by Crippen LogP contribution is -2.07. The summed E-state index contributed by atoms with van der Waals surface area (Å²) in [6.07, 6.45) is 8.89. The van der Waals surface area contributed by atoms with Crippen LogP contribution in [0, 0.1) is 0 Å². The minimum Gasteiger partial charge on any atom is -0.366 e. The van der Waals surface area contributed by atoms with Gasteiger partial charge < -0.3 is 4.74 Å². The summed E-state index contributed by atoms with van der Waals surface area (Å²) in [5, 5.41) is 0. The summed E-state index contributed by atoms with van der Waals surface area (Å²) < 4.78 is 5.63. The van der Waals surface area contributed by atoms with E-state index in [9.17, 15) is 0 Å². The molecule has 1 nitrogen and oxygen atoms in total. The Labute approximate surface area is 62.1 Å². The second-order valence-electron chi connectivity index (χ2n) is 3.40. The Bertz CT molecular complexity index is 145. The standard InChI is InChI=1S/C9H14O/c1-2-5-8-9(10-8)6-3-4-7-9/h2,8H,1,3-7H2. The fourth-order valence-corrected chi connectivity index (χ4v) is 2.08. The molecule has 0 aromatic carbocycles. The van der Waals surface area contributed by atoms with E-state index in [0.717, 1.165) is 6.42 Å². The van der Waals surface area contributed by atoms with Gasteiger partial charge in [-0.05, 0) is 19.3 Å². The molecule has 1 heteroatoms. The first kappa shape index (κ1) is 6.41. The molecule has 0 aromatic rings. The lowest BCUT2D eigenvalue weighted by molar-refractivity contribution is 0.297. The first-order valence-corrected chi connectivity index (χ1v) is 4.16. The number of hydrogen-bond acceptors (Lipinski definition) is 1. The van der Waals surface area contributed by atoms with E-state index in [2.05, 4.69) is 6.58 Å². The van der Waals surface area contributed by atoms with Crippen molar-refractivity contribution in [2.75, 3.05) is 0 Å². The van der Waals surface area contributed by atoms with Crippen LogP contribution >= 0.6 is 0 Å². The van der Waals surface area contributed by atoms with Crippen LogP contribution in [0.4, 0.5) is 0 Å². The van der Waals surface area contributed by atoms with Crippen LogP contribution < -0.4 is 0 Å². The van der Waals surface area contributed by atoms with Gasteiger partial charge in [0.2, 0.25) is 0 Å². The van der Waals surface area contributed by atoms with Gasteiger partial charge >= 0.3 is 0 Å². The first-order valence-electron chi connectivity index (χ1n) is 4.16. The molecule has 10 heavy (non-hydrogen) atoms. The second-order valence-corrected chi connectivity index (χ2v) is 3.40. The smallest absolute Gasteiger partial charge is 0.0951 e. The Hall–Kier alpha value is -0.300. The highest BCUT2D eigenvalue weighted by Gasteiger charge is 2.56. The highest BCUT2D eigenvalue weighted by Crippen LogP contribution is 2.50. The van der Waals surface area contributed by atoms with Gasteiger partial charge in [-0.2, -0.15) is 0 Å². The van der Waals surface area contributed by atoms with Gasteiger partial charge in [-0.1, -0.05) is 18.9 Å². The second kappa shape index (κ2) is 2.09. The highest BCUT2D eigenvalue weighted by atomic mass is 16.6. The Balaban J connectivity index is 1.91. The van der Waals surface area contributed by atoms with Crippen LogP contribution in [0.1, 0.15) is 32.1 Å². The fourth-order valence-electron chi connectivity index (χ4n) is 2.08. The maximum atomic E-state index is 5.63. The van der Waals surface area contributed by atoms with Gasteiger partial charge in [0.1, 0.15) is 0 Å². The Morgan fingerprint density at radius 1 is 1.50 bits per heavy atom. The zero-order valence-electron chi connectivity index (χ0n) is 6.31. The molecule has 2 rings (SSSR count). The molecule has 1 unspecified atom stereocenters. The molecule has 56 valence electrons. The van der Waals surface area contributed by atoms with E-state index in [1.165, 1.54) is 25.7 Å². The maximum Gasteiger partial charge on any atom is 0.0951 e. The third kappa shape index (κ3) is 0.807. The van der Waals surface area contributed by atoms with E-state index in [0.29, 0.717) is 11.7 Å². The number of hydrogen-bond donors (Lipinski definition) is 0. The quantitative estimate of drug-likeness (QED) is 0.421. The zero-order valence-corrected chi connectivity index (χ0v) is 6.31. The molecule has 1 atom stereocenters. The molecule has 0 aromatic heterocycles. The lowest BCUT2D eigenvalue weighted by Gasteiger charge is -1.97. The molecule has 1 heterocycles. The fraction of sp³-hybridized carbons (Fsp3) is 0.778. The van der Waals surface area contributed by atoms with Crippen molar-refractivity contribution in [1.29, 1.82) is 0 Å². The zero-order chi connectivity index (χ0) is 7.03. The monoisotopic (exact) mass is 138 g/mol. The molecule has 0 radical (unpaired) electrons. The van der Waals surface area contributed by atoms with Gasteiger partial charge in [0.25, 0.3) is 0 Å². The maximum absolute atomic E-state index is 5.63. The van der Waals surface area contributed by atoms with Crippen molar-refractivity contribution < 1.29 is 4.74 Å². The van der Waals surface area contributed by atoms with Crippen molar-refractivity contribution >= 4 is 0 Å². The molecule has 2 fully saturated rings. The van der Waals surface area contributed by atoms with Crippen LogP contribution in [0.2, 0.25) is 0 Å². The van der Waals surface area contributed by atoms with Crippen molar-refractivity contribution in [2.24, 2.45) is 0 Å². The van der Waals surface area contributed by atoms with Crippen LogP contribution in [-0.2, 0) is 4.74 Å². The Morgan fingerprint density at radius 2 is 2.20 bits per heavy atom. The predicted octanol–water partition coefficient (Wildman–Crippen LogP) is 2.27. The number of ether oxygens (including phenoxy) is 1. The average molecular weight is 138 g/mol. The normalized spacial score (nSPS) is 34.6. The summed E-state index contributed by atoms with van der Waals surface area (Å²) in [4.78, 5) is 0. The first-order chi connectivity index (χ1) is 4.87. The van der Waals surface area contributed by atoms with Crippen molar-refractivity contribution in [3.63, 3.8) is 0 Å². The van der Waals surface area contributed by atoms with Crippen molar-refractivity contribution in [2.45, 2.75) is 43.8 Å². The van der Waals surface area contributed by atoms with Crippen LogP contribution in [0.15, 0.2) is 12.7 Å². The lowest BCUT2D eigenvalue weighted by atomic mass is 10.0. The molecule has 1 aliphatic carbocycles. The van der Waals surface area contributed by atoms with Gasteiger partial charge in [0, 0.05) is 0 Å². The van der Waals surface area contributed by atoms with Crippen LogP contribution in [-0.4, -0.2) is 11.7 Å². The van der Waals surface area contributed by atoms with E-state index in [1.54, 1.807) is 0 Å². The molecule has 1 saturated carbocycles. The summed E-state index contributed by atoms with van der Waals surface area (Å²) in [7, 11) is 0. The molecule has 0 amide bonds. The molecule has 2 aliphatic rings. The molecule has 0 bridgehead atoms. The van der Waals surface area contributed by atoms with Crippen LogP contribution in [0.5, 0.6) is 0 Å². The Kier molecular flexibility index (Phi) is 1.34. The summed E-state index contributed by atoms with van der Waals surface area (Å²) in [6, 6.07) is 0. The van der Waals surface area contributed by atoms with E-state index < -0.39 is 0 Å². The molecular weight excluding hydrogens is 124 g/mol. The minimum atomic E-state index is 0.341. The largest absolute Gasteiger partial charge is 0.366 e. The molecule has 1 saturated heterocycles. The molecular formula is C9H14O. The Morgan fingerprint density at radius 3 is 2.80 bits per heavy atom. The SMILES string of the molecule is C=CCC1OC12CCCC2. The van der Waals surface area contributed by atoms with Gasteiger partial charge in [-0.25, -0.2) is 0 Å². The molecule has 1 spiro atoms. The van der Waals surface area contributed by atoms with Gasteiger partial charge in [0.15, 0.2) is 0 Å². The van der Waals surface area contributed by atoms with Crippen LogP contribution in [0.3, 0.4) is 0 Å². The van der Waals surface area contributed by atoms with E-state index >= 15 is 0 Å². The van der Waals surface area contributed by atoms with Gasteiger partial charge in [-0.3, -0.25) is 0 Å². The highest BCUT2D eigenvalue weighted by molar-refractivity contribution is 5.07. The van der Waals surface area contributed by atoms with Crippen molar-refractivity contribution in [3.05, 3.63) is 12.7 Å². The third-order valence-corrected chi connectivity index (χ3v) is 2.74. The predicted molar refractivity (Wildman–Crippen MR) is 40.9 cm³/mol. The molecule has 0 N–H and O–H groups in total. The van der Waals surface area contributed by atoms with Crippen molar-refractivity contribution in [3.8, 4) is 0 Å². The summed E-state index contributed by atoms with van der Waals surface area (Å²) in [5.74, 6) is 0. The van der Waals surface area contributed by atoms with Crippen LogP contribution in [0.25, 0.3) is 0 Å². The summed E-state index contributed by atoms with van der Waals surface area (Å²) in [6.45, 7) is 3.72. The number of rotatable bonds is 2. The minimum absolute atomic E-state index is 0.341. The molecule has 1 aliphatic heterocycles.